The van der Waals surface area contributed by atoms with Crippen molar-refractivity contribution < 1.29 is 32.5 Å². The molecule has 0 fully saturated rings. The van der Waals surface area contributed by atoms with Crippen LogP contribution in [0.5, 0.6) is 11.5 Å². The van der Waals surface area contributed by atoms with Gasteiger partial charge in [0.05, 0.1) is 17.6 Å². The van der Waals surface area contributed by atoms with E-state index in [1.807, 2.05) is 50.2 Å². The molecule has 5 aromatic rings. The largest absolute Gasteiger partial charge is 0.495 e. The van der Waals surface area contributed by atoms with Crippen LogP contribution in [-0.4, -0.2) is 24.8 Å². The van der Waals surface area contributed by atoms with E-state index >= 15 is 0 Å². The molecule has 5 aromatic carbocycles. The molecular weight excluding hydrogens is 597 g/mol. The minimum atomic E-state index is -4.38. The molecule has 0 amide bonds. The van der Waals surface area contributed by atoms with Crippen molar-refractivity contribution in [2.24, 2.45) is 0 Å². The monoisotopic (exact) mass is 626 g/mol. The molecule has 0 saturated carbocycles. The van der Waals surface area contributed by atoms with Gasteiger partial charge < -0.3 is 14.6 Å². The number of rotatable bonds is 8. The van der Waals surface area contributed by atoms with E-state index in [0.717, 1.165) is 56.2 Å². The Labute approximate surface area is 263 Å². The summed E-state index contributed by atoms with van der Waals surface area (Å²) in [7, 11) is 1.58. The van der Waals surface area contributed by atoms with Gasteiger partial charge in [0.25, 0.3) is 0 Å². The molecule has 0 aromatic heterocycles. The normalized spacial score (nSPS) is 12.0. The van der Waals surface area contributed by atoms with Gasteiger partial charge in [0.1, 0.15) is 11.5 Å². The smallest absolute Gasteiger partial charge is 0.416 e. The summed E-state index contributed by atoms with van der Waals surface area (Å²) in [5, 5.41) is 9.09. The van der Waals surface area contributed by atoms with E-state index in [1.165, 1.54) is 34.4 Å². The molecule has 1 aliphatic carbocycles. The highest BCUT2D eigenvalue weighted by Gasteiger charge is 2.30. The first-order valence-electron chi connectivity index (χ1n) is 14.3. The Kier molecular flexibility index (Phi) is 8.10. The van der Waals surface area contributed by atoms with Crippen LogP contribution in [0.25, 0.3) is 33.4 Å². The predicted octanol–water partition coefficient (Wildman–Crippen LogP) is 9.85. The van der Waals surface area contributed by atoms with Crippen LogP contribution in [0.15, 0.2) is 101 Å². The summed E-state index contributed by atoms with van der Waals surface area (Å²) in [6, 6.07) is 27.6. The van der Waals surface area contributed by atoms with Crippen molar-refractivity contribution >= 4 is 17.7 Å². The Morgan fingerprint density at radius 1 is 0.800 bits per heavy atom. The van der Waals surface area contributed by atoms with E-state index in [0.29, 0.717) is 17.1 Å². The number of alkyl halides is 3. The zero-order chi connectivity index (χ0) is 31.9. The number of benzene rings is 5. The Morgan fingerprint density at radius 2 is 1.49 bits per heavy atom. The lowest BCUT2D eigenvalue weighted by Crippen LogP contribution is -2.10. The molecular formula is C37H29F3O4S. The van der Waals surface area contributed by atoms with Crippen LogP contribution in [0.4, 0.5) is 13.2 Å². The van der Waals surface area contributed by atoms with Crippen molar-refractivity contribution in [1.29, 1.82) is 0 Å². The molecule has 4 nitrogen and oxygen atoms in total. The quantitative estimate of drug-likeness (QED) is 0.182. The number of ether oxygens (including phenoxy) is 2. The van der Waals surface area contributed by atoms with E-state index in [2.05, 4.69) is 24.3 Å². The van der Waals surface area contributed by atoms with Gasteiger partial charge in [-0.05, 0) is 94.1 Å². The van der Waals surface area contributed by atoms with Gasteiger partial charge in [0.15, 0.2) is 6.61 Å². The predicted molar refractivity (Wildman–Crippen MR) is 170 cm³/mol. The molecule has 0 saturated heterocycles. The summed E-state index contributed by atoms with van der Waals surface area (Å²) in [5.74, 6) is -0.0470. The van der Waals surface area contributed by atoms with Crippen molar-refractivity contribution in [3.05, 3.63) is 119 Å². The zero-order valence-electron chi connectivity index (χ0n) is 24.8. The van der Waals surface area contributed by atoms with Crippen molar-refractivity contribution in [2.45, 2.75) is 36.2 Å². The van der Waals surface area contributed by atoms with Crippen LogP contribution in [0, 0.1) is 13.8 Å². The molecule has 6 rings (SSSR count). The Hall–Kier alpha value is -4.69. The van der Waals surface area contributed by atoms with Gasteiger partial charge in [-0.2, -0.15) is 13.2 Å². The zero-order valence-corrected chi connectivity index (χ0v) is 25.6. The number of carboxylic acid groups (broad SMARTS) is 1. The van der Waals surface area contributed by atoms with Gasteiger partial charge in [0.2, 0.25) is 0 Å². The number of hydrogen-bond donors (Lipinski definition) is 1. The van der Waals surface area contributed by atoms with Crippen molar-refractivity contribution in [1.82, 2.24) is 0 Å². The first-order valence-corrected chi connectivity index (χ1v) is 15.1. The summed E-state index contributed by atoms with van der Waals surface area (Å²) >= 11 is 1.59. The molecule has 0 aliphatic heterocycles. The maximum atomic E-state index is 13.1. The van der Waals surface area contributed by atoms with Crippen LogP contribution in [0.3, 0.4) is 0 Å². The molecule has 228 valence electrons. The van der Waals surface area contributed by atoms with Gasteiger partial charge in [-0.25, -0.2) is 4.79 Å². The van der Waals surface area contributed by atoms with Crippen LogP contribution in [-0.2, 0) is 17.4 Å². The number of halogens is 3. The highest BCUT2D eigenvalue weighted by Crippen LogP contribution is 2.50. The lowest BCUT2D eigenvalue weighted by atomic mass is 9.93. The highest BCUT2D eigenvalue weighted by molar-refractivity contribution is 7.99. The number of aliphatic carboxylic acids is 1. The number of fused-ring (bicyclic) bond motifs is 3. The van der Waals surface area contributed by atoms with Crippen molar-refractivity contribution in [3.8, 4) is 44.9 Å². The van der Waals surface area contributed by atoms with Gasteiger partial charge in [-0.15, -0.1) is 0 Å². The van der Waals surface area contributed by atoms with Gasteiger partial charge in [-0.1, -0.05) is 78.5 Å². The Morgan fingerprint density at radius 3 is 2.18 bits per heavy atom. The molecule has 0 unspecified atom stereocenters. The van der Waals surface area contributed by atoms with Crippen LogP contribution >= 0.6 is 11.8 Å². The molecule has 1 aliphatic rings. The first kappa shape index (κ1) is 30.3. The number of hydrogen-bond acceptors (Lipinski definition) is 4. The van der Waals surface area contributed by atoms with E-state index in [1.54, 1.807) is 24.9 Å². The topological polar surface area (TPSA) is 55.8 Å². The number of carbonyl (C=O) groups is 1. The van der Waals surface area contributed by atoms with Gasteiger partial charge in [0, 0.05) is 11.0 Å². The van der Waals surface area contributed by atoms with Gasteiger partial charge >= 0.3 is 12.1 Å². The minimum Gasteiger partial charge on any atom is -0.495 e. The average Bonchev–Trinajstić information content (AvgIpc) is 3.40. The van der Waals surface area contributed by atoms with Gasteiger partial charge in [-0.3, -0.25) is 0 Å². The summed E-state index contributed by atoms with van der Waals surface area (Å²) in [4.78, 5) is 13.0. The maximum absolute atomic E-state index is 13.1. The standard InChI is InChI=1S/C37H29F3O4S/c1-21-16-24(23-8-11-26(12-9-23)37(38,39)40)10-13-27(21)30-15-14-29-28-7-5-4-6-25(28)18-31(29)36(30)45-34-17-22(2)32(19-33(34)43-3)44-20-35(41)42/h4-17,19H,18,20H2,1-3H3,(H,41,42). The molecule has 0 spiro atoms. The number of carboxylic acids is 1. The number of aryl methyl sites for hydroxylation is 2. The SMILES string of the molecule is COc1cc(OCC(=O)O)c(C)cc1Sc1c(-c2ccc(-c3ccc(C(F)(F)F)cc3)cc2C)ccc2c1Cc1ccccc1-2. The molecule has 45 heavy (non-hydrogen) atoms. The van der Waals surface area contributed by atoms with E-state index in [9.17, 15) is 18.0 Å². The van der Waals surface area contributed by atoms with Crippen LogP contribution in [0.1, 0.15) is 27.8 Å². The third-order valence-corrected chi connectivity index (χ3v) is 9.23. The summed E-state index contributed by atoms with van der Waals surface area (Å²) in [5.41, 5.74) is 9.54. The third kappa shape index (κ3) is 6.02. The lowest BCUT2D eigenvalue weighted by Gasteiger charge is -2.19. The van der Waals surface area contributed by atoms with E-state index in [-0.39, 0.29) is 0 Å². The van der Waals surface area contributed by atoms with Crippen molar-refractivity contribution in [2.75, 3.05) is 13.7 Å². The second kappa shape index (κ2) is 12.0. The Bertz CT molecular complexity index is 1930. The van der Waals surface area contributed by atoms with E-state index < -0.39 is 24.3 Å². The second-order valence-electron chi connectivity index (χ2n) is 11.0. The Balaban J connectivity index is 1.44. The second-order valence-corrected chi connectivity index (χ2v) is 12.0. The third-order valence-electron chi connectivity index (χ3n) is 8.02. The summed E-state index contributed by atoms with van der Waals surface area (Å²) in [6.45, 7) is 3.43. The molecule has 0 heterocycles. The molecule has 0 atom stereocenters. The molecule has 0 bridgehead atoms. The summed E-state index contributed by atoms with van der Waals surface area (Å²) in [6.07, 6.45) is -3.61. The number of methoxy groups -OCH3 is 1. The fourth-order valence-electron chi connectivity index (χ4n) is 5.80. The fourth-order valence-corrected chi connectivity index (χ4v) is 7.09. The van der Waals surface area contributed by atoms with Crippen molar-refractivity contribution in [3.63, 3.8) is 0 Å². The highest BCUT2D eigenvalue weighted by atomic mass is 32.2. The first-order chi connectivity index (χ1) is 21.5. The van der Waals surface area contributed by atoms with E-state index in [4.69, 9.17) is 14.6 Å². The maximum Gasteiger partial charge on any atom is 0.416 e. The molecule has 8 heteroatoms. The average molecular weight is 627 g/mol. The van der Waals surface area contributed by atoms with Crippen LogP contribution < -0.4 is 9.47 Å². The lowest BCUT2D eigenvalue weighted by molar-refractivity contribution is -0.139. The fraction of sp³-hybridized carbons (Fsp3) is 0.162. The summed E-state index contributed by atoms with van der Waals surface area (Å²) < 4.78 is 50.6. The van der Waals surface area contributed by atoms with Crippen LogP contribution in [0.2, 0.25) is 0 Å². The molecule has 0 radical (unpaired) electrons. The molecule has 1 N–H and O–H groups in total. The minimum absolute atomic E-state index is 0.444.